The number of amides is 1. The Hall–Kier alpha value is -1.89. The third-order valence-electron chi connectivity index (χ3n) is 2.15. The summed E-state index contributed by atoms with van der Waals surface area (Å²) in [5, 5.41) is 11.5. The zero-order chi connectivity index (χ0) is 12.8. The van der Waals surface area contributed by atoms with Gasteiger partial charge in [-0.05, 0) is 19.8 Å². The lowest BCUT2D eigenvalue weighted by Crippen LogP contribution is -2.34. The van der Waals surface area contributed by atoms with Gasteiger partial charge in [0, 0.05) is 12.7 Å². The summed E-state index contributed by atoms with van der Waals surface area (Å²) in [6, 6.07) is 0. The monoisotopic (exact) mass is 241 g/mol. The second-order valence-electron chi connectivity index (χ2n) is 3.73. The van der Waals surface area contributed by atoms with Gasteiger partial charge in [-0.2, -0.15) is 0 Å². The van der Waals surface area contributed by atoms with Gasteiger partial charge in [0.15, 0.2) is 0 Å². The average Bonchev–Trinajstić information content (AvgIpc) is 2.23. The maximum Gasteiger partial charge on any atom is 0.325 e. The standard InChI is InChI=1S/C10H15N3O4/c1-6(14)3-2-4-11-8(15)7-5-12-10(17)13-9(7)16/h5-6,14H,2-4H2,1H3,(H,11,15)(H2,12,13,16,17). The molecule has 7 nitrogen and oxygen atoms in total. The van der Waals surface area contributed by atoms with Gasteiger partial charge < -0.3 is 15.4 Å². The van der Waals surface area contributed by atoms with Crippen molar-refractivity contribution in [2.45, 2.75) is 25.9 Å². The van der Waals surface area contributed by atoms with Crippen molar-refractivity contribution in [1.82, 2.24) is 15.3 Å². The first-order valence-corrected chi connectivity index (χ1v) is 5.29. The van der Waals surface area contributed by atoms with E-state index in [-0.39, 0.29) is 5.56 Å². The number of H-pyrrole nitrogens is 2. The van der Waals surface area contributed by atoms with E-state index in [2.05, 4.69) is 10.3 Å². The minimum absolute atomic E-state index is 0.137. The molecular weight excluding hydrogens is 226 g/mol. The second-order valence-corrected chi connectivity index (χ2v) is 3.73. The normalized spacial score (nSPS) is 12.1. The molecule has 0 saturated carbocycles. The number of nitrogens with one attached hydrogen (secondary N) is 3. The SMILES string of the molecule is CC(O)CCCNC(=O)c1c[nH]c(=O)[nH]c1=O. The molecule has 1 amide bonds. The van der Waals surface area contributed by atoms with E-state index in [9.17, 15) is 14.4 Å². The molecule has 0 bridgehead atoms. The van der Waals surface area contributed by atoms with Gasteiger partial charge >= 0.3 is 5.69 Å². The summed E-state index contributed by atoms with van der Waals surface area (Å²) in [6.45, 7) is 2.02. The fourth-order valence-electron chi connectivity index (χ4n) is 1.27. The van der Waals surface area contributed by atoms with Gasteiger partial charge in [0.2, 0.25) is 0 Å². The van der Waals surface area contributed by atoms with Crippen molar-refractivity contribution in [3.8, 4) is 0 Å². The van der Waals surface area contributed by atoms with Gasteiger partial charge in [0.1, 0.15) is 5.56 Å². The summed E-state index contributed by atoms with van der Waals surface area (Å²) in [7, 11) is 0. The molecule has 1 rings (SSSR count). The number of hydrogen-bond acceptors (Lipinski definition) is 4. The van der Waals surface area contributed by atoms with Gasteiger partial charge in [-0.3, -0.25) is 14.6 Å². The molecule has 0 aliphatic carbocycles. The molecule has 0 spiro atoms. The number of rotatable bonds is 5. The summed E-state index contributed by atoms with van der Waals surface area (Å²) < 4.78 is 0. The Balaban J connectivity index is 2.53. The van der Waals surface area contributed by atoms with E-state index < -0.39 is 23.3 Å². The second kappa shape index (κ2) is 6.00. The first-order valence-electron chi connectivity index (χ1n) is 5.29. The van der Waals surface area contributed by atoms with Crippen molar-refractivity contribution in [3.05, 3.63) is 32.6 Å². The predicted molar refractivity (Wildman–Crippen MR) is 60.9 cm³/mol. The van der Waals surface area contributed by atoms with Crippen LogP contribution in [0.2, 0.25) is 0 Å². The first-order chi connectivity index (χ1) is 8.00. The molecule has 1 aromatic rings. The van der Waals surface area contributed by atoms with Crippen molar-refractivity contribution >= 4 is 5.91 Å². The highest BCUT2D eigenvalue weighted by Crippen LogP contribution is 1.94. The first kappa shape index (κ1) is 13.2. The van der Waals surface area contributed by atoms with E-state index in [1.165, 1.54) is 0 Å². The van der Waals surface area contributed by atoms with Crippen LogP contribution in [-0.2, 0) is 0 Å². The molecule has 0 aliphatic heterocycles. The fraction of sp³-hybridized carbons (Fsp3) is 0.500. The molecule has 0 aliphatic rings. The lowest BCUT2D eigenvalue weighted by atomic mass is 10.2. The highest BCUT2D eigenvalue weighted by Gasteiger charge is 2.09. The van der Waals surface area contributed by atoms with Gasteiger partial charge in [-0.1, -0.05) is 0 Å². The molecule has 1 heterocycles. The molecule has 0 fully saturated rings. The molecule has 0 aromatic carbocycles. The maximum absolute atomic E-state index is 11.5. The summed E-state index contributed by atoms with van der Waals surface area (Å²) in [6.07, 6.45) is 1.85. The molecule has 1 unspecified atom stereocenters. The molecule has 0 saturated heterocycles. The van der Waals surface area contributed by atoms with Crippen LogP contribution in [0.5, 0.6) is 0 Å². The van der Waals surface area contributed by atoms with E-state index in [1.54, 1.807) is 6.92 Å². The summed E-state index contributed by atoms with van der Waals surface area (Å²) >= 11 is 0. The number of aromatic amines is 2. The molecular formula is C10H15N3O4. The molecule has 94 valence electrons. The van der Waals surface area contributed by atoms with Gasteiger partial charge in [0.05, 0.1) is 6.10 Å². The van der Waals surface area contributed by atoms with Gasteiger partial charge in [-0.15, -0.1) is 0 Å². The van der Waals surface area contributed by atoms with Crippen LogP contribution >= 0.6 is 0 Å². The minimum atomic E-state index is -0.721. The molecule has 17 heavy (non-hydrogen) atoms. The number of hydrogen-bond donors (Lipinski definition) is 4. The Morgan fingerprint density at radius 2 is 2.24 bits per heavy atom. The van der Waals surface area contributed by atoms with Crippen molar-refractivity contribution in [3.63, 3.8) is 0 Å². The Morgan fingerprint density at radius 3 is 2.82 bits per heavy atom. The van der Waals surface area contributed by atoms with Crippen LogP contribution in [0.15, 0.2) is 15.8 Å². The van der Waals surface area contributed by atoms with Crippen LogP contribution in [0.3, 0.4) is 0 Å². The Labute approximate surface area is 96.9 Å². The number of carbonyl (C=O) groups is 1. The van der Waals surface area contributed by atoms with Crippen LogP contribution < -0.4 is 16.6 Å². The highest BCUT2D eigenvalue weighted by molar-refractivity contribution is 5.93. The molecule has 1 aromatic heterocycles. The maximum atomic E-state index is 11.5. The Morgan fingerprint density at radius 1 is 1.53 bits per heavy atom. The van der Waals surface area contributed by atoms with E-state index in [4.69, 9.17) is 5.11 Å². The molecule has 7 heteroatoms. The quantitative estimate of drug-likeness (QED) is 0.492. The van der Waals surface area contributed by atoms with E-state index in [0.29, 0.717) is 19.4 Å². The van der Waals surface area contributed by atoms with Crippen LogP contribution in [0.1, 0.15) is 30.1 Å². The number of aliphatic hydroxyl groups excluding tert-OH is 1. The van der Waals surface area contributed by atoms with Crippen LogP contribution in [-0.4, -0.2) is 33.6 Å². The molecule has 1 atom stereocenters. The third kappa shape index (κ3) is 4.23. The van der Waals surface area contributed by atoms with Crippen LogP contribution in [0.4, 0.5) is 0 Å². The van der Waals surface area contributed by atoms with Crippen molar-refractivity contribution in [1.29, 1.82) is 0 Å². The summed E-state index contributed by atoms with van der Waals surface area (Å²) in [5.74, 6) is -0.548. The van der Waals surface area contributed by atoms with Crippen molar-refractivity contribution < 1.29 is 9.90 Å². The number of aliphatic hydroxyl groups is 1. The zero-order valence-electron chi connectivity index (χ0n) is 9.45. The van der Waals surface area contributed by atoms with Crippen molar-refractivity contribution in [2.24, 2.45) is 0 Å². The topological polar surface area (TPSA) is 115 Å². The van der Waals surface area contributed by atoms with E-state index >= 15 is 0 Å². The summed E-state index contributed by atoms with van der Waals surface area (Å²) in [4.78, 5) is 37.7. The van der Waals surface area contributed by atoms with Gasteiger partial charge in [-0.25, -0.2) is 4.79 Å². The summed E-state index contributed by atoms with van der Waals surface area (Å²) in [5.41, 5.74) is -1.51. The highest BCUT2D eigenvalue weighted by atomic mass is 16.3. The smallest absolute Gasteiger partial charge is 0.325 e. The Bertz CT molecular complexity index is 489. The minimum Gasteiger partial charge on any atom is -0.393 e. The van der Waals surface area contributed by atoms with E-state index in [1.807, 2.05) is 4.98 Å². The predicted octanol–water partition coefficient (Wildman–Crippen LogP) is -1.05. The lowest BCUT2D eigenvalue weighted by molar-refractivity contribution is 0.0947. The molecule has 4 N–H and O–H groups in total. The van der Waals surface area contributed by atoms with E-state index in [0.717, 1.165) is 6.20 Å². The zero-order valence-corrected chi connectivity index (χ0v) is 9.45. The lowest BCUT2D eigenvalue weighted by Gasteiger charge is -2.05. The largest absolute Gasteiger partial charge is 0.393 e. The van der Waals surface area contributed by atoms with Crippen LogP contribution in [0.25, 0.3) is 0 Å². The number of carbonyl (C=O) groups excluding carboxylic acids is 1. The Kier molecular flexibility index (Phi) is 4.65. The molecule has 0 radical (unpaired) electrons. The third-order valence-corrected chi connectivity index (χ3v) is 2.15. The fourth-order valence-corrected chi connectivity index (χ4v) is 1.27. The number of aromatic nitrogens is 2. The van der Waals surface area contributed by atoms with Crippen LogP contribution in [0, 0.1) is 0 Å². The average molecular weight is 241 g/mol. The van der Waals surface area contributed by atoms with Gasteiger partial charge in [0.25, 0.3) is 11.5 Å². The van der Waals surface area contributed by atoms with Crippen molar-refractivity contribution in [2.75, 3.05) is 6.54 Å².